The summed E-state index contributed by atoms with van der Waals surface area (Å²) in [7, 11) is 1.83. The van der Waals surface area contributed by atoms with Crippen LogP contribution in [0.25, 0.3) is 10.2 Å². The summed E-state index contributed by atoms with van der Waals surface area (Å²) in [6.07, 6.45) is 3.99. The van der Waals surface area contributed by atoms with Crippen LogP contribution in [0.3, 0.4) is 0 Å². The van der Waals surface area contributed by atoms with Crippen molar-refractivity contribution in [1.82, 2.24) is 14.5 Å². The quantitative estimate of drug-likeness (QED) is 0.772. The lowest BCUT2D eigenvalue weighted by Gasteiger charge is -2.17. The number of aryl methyl sites for hydroxylation is 1. The minimum Gasteiger partial charge on any atom is -0.345 e. The Bertz CT molecular complexity index is 902. The third kappa shape index (κ3) is 2.81. The van der Waals surface area contributed by atoms with E-state index in [0.29, 0.717) is 17.6 Å². The molecular weight excluding hydrogens is 354 g/mol. The molecule has 0 saturated carbocycles. The average Bonchev–Trinajstić information content (AvgIpc) is 3.09. The second-order valence-electron chi connectivity index (χ2n) is 7.13. The first kappa shape index (κ1) is 17.1. The lowest BCUT2D eigenvalue weighted by atomic mass is 9.89. The SMILES string of the molecule is CCn1c(SC2CCN(C)C2=O)nc2sc3c(c2c1=O)CCC(C)C3. The lowest BCUT2D eigenvalue weighted by Crippen LogP contribution is -2.26. The fourth-order valence-corrected chi connectivity index (χ4v) is 6.47. The molecule has 134 valence electrons. The van der Waals surface area contributed by atoms with Crippen molar-refractivity contribution < 1.29 is 4.79 Å². The number of thioether (sulfide) groups is 1. The molecule has 1 amide bonds. The Kier molecular flexibility index (Phi) is 4.40. The number of rotatable bonds is 3. The summed E-state index contributed by atoms with van der Waals surface area (Å²) in [5.74, 6) is 0.816. The zero-order chi connectivity index (χ0) is 17.7. The topological polar surface area (TPSA) is 55.2 Å². The van der Waals surface area contributed by atoms with Gasteiger partial charge >= 0.3 is 0 Å². The van der Waals surface area contributed by atoms with Gasteiger partial charge in [-0.05, 0) is 44.1 Å². The molecule has 2 unspecified atom stereocenters. The van der Waals surface area contributed by atoms with Crippen LogP contribution in [0.15, 0.2) is 9.95 Å². The van der Waals surface area contributed by atoms with Gasteiger partial charge in [0.2, 0.25) is 5.91 Å². The number of amides is 1. The van der Waals surface area contributed by atoms with Crippen molar-refractivity contribution in [1.29, 1.82) is 0 Å². The van der Waals surface area contributed by atoms with Gasteiger partial charge in [-0.15, -0.1) is 11.3 Å². The van der Waals surface area contributed by atoms with Crippen molar-refractivity contribution >= 4 is 39.2 Å². The van der Waals surface area contributed by atoms with E-state index >= 15 is 0 Å². The summed E-state index contributed by atoms with van der Waals surface area (Å²) in [6.45, 7) is 5.61. The molecule has 1 aliphatic heterocycles. The monoisotopic (exact) mass is 377 g/mol. The summed E-state index contributed by atoms with van der Waals surface area (Å²) in [6, 6.07) is 0. The second-order valence-corrected chi connectivity index (χ2v) is 9.38. The molecule has 0 N–H and O–H groups in total. The minimum atomic E-state index is -0.123. The van der Waals surface area contributed by atoms with Gasteiger partial charge < -0.3 is 4.90 Å². The van der Waals surface area contributed by atoms with E-state index in [2.05, 4.69) is 6.92 Å². The zero-order valence-corrected chi connectivity index (χ0v) is 16.5. The molecule has 2 aliphatic rings. The highest BCUT2D eigenvalue weighted by atomic mass is 32.2. The van der Waals surface area contributed by atoms with Crippen molar-refractivity contribution in [3.63, 3.8) is 0 Å². The van der Waals surface area contributed by atoms with E-state index in [1.807, 2.05) is 14.0 Å². The van der Waals surface area contributed by atoms with Crippen molar-refractivity contribution in [2.45, 2.75) is 56.5 Å². The highest BCUT2D eigenvalue weighted by molar-refractivity contribution is 8.00. The number of fused-ring (bicyclic) bond motifs is 3. The highest BCUT2D eigenvalue weighted by Gasteiger charge is 2.32. The van der Waals surface area contributed by atoms with Crippen LogP contribution in [0.1, 0.15) is 37.1 Å². The molecule has 2 aromatic rings. The van der Waals surface area contributed by atoms with Gasteiger partial charge in [0.15, 0.2) is 5.16 Å². The fraction of sp³-hybridized carbons (Fsp3) is 0.611. The van der Waals surface area contributed by atoms with Crippen molar-refractivity contribution in [2.24, 2.45) is 5.92 Å². The Morgan fingerprint density at radius 1 is 1.32 bits per heavy atom. The largest absolute Gasteiger partial charge is 0.345 e. The van der Waals surface area contributed by atoms with Gasteiger partial charge in [0.05, 0.1) is 10.6 Å². The van der Waals surface area contributed by atoms with Crippen molar-refractivity contribution in [2.75, 3.05) is 13.6 Å². The first-order chi connectivity index (χ1) is 12.0. The van der Waals surface area contributed by atoms with Gasteiger partial charge in [-0.2, -0.15) is 0 Å². The summed E-state index contributed by atoms with van der Waals surface area (Å²) in [5, 5.41) is 1.40. The molecule has 1 saturated heterocycles. The molecule has 0 bridgehead atoms. The van der Waals surface area contributed by atoms with Crippen LogP contribution in [-0.4, -0.2) is 39.2 Å². The Balaban J connectivity index is 1.80. The maximum absolute atomic E-state index is 13.1. The van der Waals surface area contributed by atoms with E-state index in [-0.39, 0.29) is 16.7 Å². The maximum Gasteiger partial charge on any atom is 0.263 e. The smallest absolute Gasteiger partial charge is 0.263 e. The third-order valence-electron chi connectivity index (χ3n) is 5.32. The van der Waals surface area contributed by atoms with Crippen LogP contribution in [0, 0.1) is 5.92 Å². The molecule has 3 heterocycles. The van der Waals surface area contributed by atoms with E-state index in [9.17, 15) is 9.59 Å². The molecule has 0 spiro atoms. The van der Waals surface area contributed by atoms with Gasteiger partial charge in [-0.1, -0.05) is 18.7 Å². The zero-order valence-electron chi connectivity index (χ0n) is 14.9. The highest BCUT2D eigenvalue weighted by Crippen LogP contribution is 2.37. The van der Waals surface area contributed by atoms with E-state index in [0.717, 1.165) is 42.4 Å². The van der Waals surface area contributed by atoms with Crippen LogP contribution < -0.4 is 5.56 Å². The Morgan fingerprint density at radius 2 is 2.12 bits per heavy atom. The van der Waals surface area contributed by atoms with Crippen LogP contribution in [0.2, 0.25) is 0 Å². The van der Waals surface area contributed by atoms with Crippen LogP contribution in [0.4, 0.5) is 0 Å². The molecule has 7 heteroatoms. The molecule has 25 heavy (non-hydrogen) atoms. The van der Waals surface area contributed by atoms with Crippen LogP contribution in [0.5, 0.6) is 0 Å². The summed E-state index contributed by atoms with van der Waals surface area (Å²) in [4.78, 5) is 34.2. The molecule has 0 aromatic carbocycles. The predicted molar refractivity (Wildman–Crippen MR) is 103 cm³/mol. The second kappa shape index (κ2) is 6.43. The van der Waals surface area contributed by atoms with Gasteiger partial charge in [-0.25, -0.2) is 4.98 Å². The van der Waals surface area contributed by atoms with Crippen molar-refractivity contribution in [3.8, 4) is 0 Å². The first-order valence-corrected chi connectivity index (χ1v) is 10.7. The summed E-state index contributed by atoms with van der Waals surface area (Å²) < 4.78 is 1.75. The number of carbonyl (C=O) groups excluding carboxylic acids is 1. The standard InChI is InChI=1S/C18H23N3O2S2/c1-4-21-17(23)14-11-6-5-10(2)9-13(11)24-15(14)19-18(21)25-12-7-8-20(3)16(12)22/h10,12H,4-9H2,1-3H3. The minimum absolute atomic E-state index is 0.0702. The molecular formula is C18H23N3O2S2. The number of nitrogens with zero attached hydrogens (tertiary/aromatic N) is 3. The number of likely N-dealkylation sites (tertiary alicyclic amines) is 1. The maximum atomic E-state index is 13.1. The Labute approximate surface area is 155 Å². The van der Waals surface area contributed by atoms with Crippen molar-refractivity contribution in [3.05, 3.63) is 20.8 Å². The molecule has 2 atom stereocenters. The number of carbonyl (C=O) groups is 1. The first-order valence-electron chi connectivity index (χ1n) is 8.96. The molecule has 0 radical (unpaired) electrons. The number of aromatic nitrogens is 2. The van der Waals surface area contributed by atoms with E-state index in [1.165, 1.54) is 22.2 Å². The summed E-state index contributed by atoms with van der Waals surface area (Å²) in [5.41, 5.74) is 1.30. The molecule has 1 fully saturated rings. The van der Waals surface area contributed by atoms with E-state index in [1.54, 1.807) is 20.8 Å². The fourth-order valence-electron chi connectivity index (χ4n) is 3.80. The van der Waals surface area contributed by atoms with Gasteiger partial charge in [0.1, 0.15) is 4.83 Å². The van der Waals surface area contributed by atoms with Gasteiger partial charge in [0.25, 0.3) is 5.56 Å². The lowest BCUT2D eigenvalue weighted by molar-refractivity contribution is -0.126. The molecule has 2 aromatic heterocycles. The van der Waals surface area contributed by atoms with E-state index < -0.39 is 0 Å². The molecule has 1 aliphatic carbocycles. The molecule has 4 rings (SSSR count). The Hall–Kier alpha value is -1.34. The number of hydrogen-bond donors (Lipinski definition) is 0. The van der Waals surface area contributed by atoms with Crippen LogP contribution >= 0.6 is 23.1 Å². The third-order valence-corrected chi connectivity index (χ3v) is 7.72. The molecule has 5 nitrogen and oxygen atoms in total. The Morgan fingerprint density at radius 3 is 2.80 bits per heavy atom. The van der Waals surface area contributed by atoms with Gasteiger partial charge in [-0.3, -0.25) is 14.2 Å². The van der Waals surface area contributed by atoms with E-state index in [4.69, 9.17) is 4.98 Å². The predicted octanol–water partition coefficient (Wildman–Crippen LogP) is 2.93. The van der Waals surface area contributed by atoms with Gasteiger partial charge in [0, 0.05) is 25.0 Å². The number of thiophene rings is 1. The number of hydrogen-bond acceptors (Lipinski definition) is 5. The average molecular weight is 378 g/mol. The summed E-state index contributed by atoms with van der Waals surface area (Å²) >= 11 is 3.13. The normalized spacial score (nSPS) is 23.5. The van der Waals surface area contributed by atoms with Crippen LogP contribution in [-0.2, 0) is 24.2 Å².